The van der Waals surface area contributed by atoms with Gasteiger partial charge in [-0.1, -0.05) is 0 Å². The van der Waals surface area contributed by atoms with Crippen LogP contribution in [-0.4, -0.2) is 25.8 Å². The first-order valence-electron chi connectivity index (χ1n) is 3.78. The molecule has 0 aromatic carbocycles. The lowest BCUT2D eigenvalue weighted by Gasteiger charge is -2.24. The van der Waals surface area contributed by atoms with Crippen LogP contribution in [-0.2, 0) is 4.74 Å². The molecule has 2 nitrogen and oxygen atoms in total. The molecule has 52 valence electrons. The summed E-state index contributed by atoms with van der Waals surface area (Å²) < 4.78 is 5.32. The van der Waals surface area contributed by atoms with Gasteiger partial charge >= 0.3 is 0 Å². The number of rotatable bonds is 0. The monoisotopic (exact) mass is 127 g/mol. The zero-order chi connectivity index (χ0) is 6.10. The van der Waals surface area contributed by atoms with Crippen LogP contribution in [0.15, 0.2) is 0 Å². The van der Waals surface area contributed by atoms with Gasteiger partial charge in [0.25, 0.3) is 0 Å². The molecule has 0 spiro atoms. The summed E-state index contributed by atoms with van der Waals surface area (Å²) in [6.45, 7) is 3.15. The van der Waals surface area contributed by atoms with Crippen LogP contribution in [0.5, 0.6) is 0 Å². The summed E-state index contributed by atoms with van der Waals surface area (Å²) in [5.74, 6) is 0.929. The van der Waals surface area contributed by atoms with Crippen LogP contribution in [0, 0.1) is 5.92 Å². The summed E-state index contributed by atoms with van der Waals surface area (Å²) >= 11 is 0. The predicted octanol–water partition coefficient (Wildman–Crippen LogP) is 0.385. The first kappa shape index (κ1) is 5.69. The minimum atomic E-state index is 0.693. The molecule has 0 radical (unpaired) electrons. The van der Waals surface area contributed by atoms with Gasteiger partial charge in [-0.15, -0.1) is 0 Å². The van der Waals surface area contributed by atoms with Gasteiger partial charge in [0.05, 0.1) is 6.61 Å². The topological polar surface area (TPSA) is 21.3 Å². The highest BCUT2D eigenvalue weighted by Crippen LogP contribution is 2.22. The number of nitrogens with one attached hydrogen (secondary N) is 1. The fourth-order valence-corrected chi connectivity index (χ4v) is 1.81. The van der Waals surface area contributed by atoms with E-state index in [1.807, 2.05) is 0 Å². The molecule has 0 aromatic rings. The average Bonchev–Trinajstić information content (AvgIpc) is 2.33. The van der Waals surface area contributed by atoms with Gasteiger partial charge in [-0.2, -0.15) is 0 Å². The molecule has 0 aromatic heterocycles. The molecule has 0 aliphatic carbocycles. The van der Waals surface area contributed by atoms with Crippen molar-refractivity contribution in [1.29, 1.82) is 0 Å². The normalized spacial score (nSPS) is 42.7. The van der Waals surface area contributed by atoms with Crippen molar-refractivity contribution in [3.63, 3.8) is 0 Å². The maximum absolute atomic E-state index is 5.32. The molecule has 0 amide bonds. The first-order valence-corrected chi connectivity index (χ1v) is 3.78. The zero-order valence-corrected chi connectivity index (χ0v) is 5.60. The van der Waals surface area contributed by atoms with Crippen molar-refractivity contribution in [2.45, 2.75) is 18.9 Å². The SMILES string of the molecule is C1C[C@@H]2CCOC[C@@H]2N1. The highest BCUT2D eigenvalue weighted by molar-refractivity contribution is 4.85. The molecule has 2 fully saturated rings. The third kappa shape index (κ3) is 0.970. The summed E-state index contributed by atoms with van der Waals surface area (Å²) in [5.41, 5.74) is 0. The van der Waals surface area contributed by atoms with Crippen molar-refractivity contribution >= 4 is 0 Å². The molecule has 0 bridgehead atoms. The van der Waals surface area contributed by atoms with Gasteiger partial charge in [0.1, 0.15) is 0 Å². The van der Waals surface area contributed by atoms with E-state index in [-0.39, 0.29) is 0 Å². The van der Waals surface area contributed by atoms with Crippen molar-refractivity contribution in [3.05, 3.63) is 0 Å². The highest BCUT2D eigenvalue weighted by Gasteiger charge is 2.29. The van der Waals surface area contributed by atoms with Gasteiger partial charge in [0, 0.05) is 12.6 Å². The number of hydrogen-bond donors (Lipinski definition) is 1. The average molecular weight is 127 g/mol. The van der Waals surface area contributed by atoms with Crippen LogP contribution >= 0.6 is 0 Å². The quantitative estimate of drug-likeness (QED) is 0.508. The Morgan fingerprint density at radius 1 is 1.33 bits per heavy atom. The van der Waals surface area contributed by atoms with Gasteiger partial charge in [-0.05, 0) is 25.3 Å². The molecule has 2 aliphatic rings. The second-order valence-electron chi connectivity index (χ2n) is 2.97. The summed E-state index contributed by atoms with van der Waals surface area (Å²) in [6, 6.07) is 0.693. The minimum absolute atomic E-state index is 0.693. The molecule has 1 N–H and O–H groups in total. The second kappa shape index (κ2) is 2.27. The standard InChI is InChI=1S/C7H13NO/c1-3-8-7-5-9-4-2-6(1)7/h6-8H,1-5H2/t6-,7+/m1/s1. The van der Waals surface area contributed by atoms with E-state index in [0.717, 1.165) is 19.1 Å². The summed E-state index contributed by atoms with van der Waals surface area (Å²) in [7, 11) is 0. The van der Waals surface area contributed by atoms with Crippen LogP contribution in [0.4, 0.5) is 0 Å². The second-order valence-corrected chi connectivity index (χ2v) is 2.97. The van der Waals surface area contributed by atoms with E-state index in [9.17, 15) is 0 Å². The number of hydrogen-bond acceptors (Lipinski definition) is 2. The summed E-state index contributed by atoms with van der Waals surface area (Å²) in [4.78, 5) is 0. The molecule has 2 atom stereocenters. The van der Waals surface area contributed by atoms with Crippen molar-refractivity contribution in [3.8, 4) is 0 Å². The smallest absolute Gasteiger partial charge is 0.0622 e. The Kier molecular flexibility index (Phi) is 1.44. The Morgan fingerprint density at radius 2 is 2.33 bits per heavy atom. The molecule has 2 heterocycles. The lowest BCUT2D eigenvalue weighted by atomic mass is 9.96. The summed E-state index contributed by atoms with van der Waals surface area (Å²) in [6.07, 6.45) is 2.64. The first-order chi connectivity index (χ1) is 4.47. The lowest BCUT2D eigenvalue weighted by molar-refractivity contribution is 0.0526. The van der Waals surface area contributed by atoms with E-state index >= 15 is 0 Å². The Balaban J connectivity index is 1.97. The van der Waals surface area contributed by atoms with E-state index in [1.165, 1.54) is 19.4 Å². The largest absolute Gasteiger partial charge is 0.380 e. The number of fused-ring (bicyclic) bond motifs is 1. The molecule has 2 rings (SSSR count). The lowest BCUT2D eigenvalue weighted by Crippen LogP contribution is -2.36. The van der Waals surface area contributed by atoms with Gasteiger partial charge < -0.3 is 10.1 Å². The number of ether oxygens (including phenoxy) is 1. The van der Waals surface area contributed by atoms with Crippen LogP contribution < -0.4 is 5.32 Å². The van der Waals surface area contributed by atoms with E-state index in [2.05, 4.69) is 5.32 Å². The molecule has 2 aliphatic heterocycles. The Hall–Kier alpha value is -0.0800. The summed E-state index contributed by atoms with van der Waals surface area (Å²) in [5, 5.41) is 3.43. The molecular formula is C7H13NO. The Labute approximate surface area is 55.6 Å². The van der Waals surface area contributed by atoms with E-state index in [1.54, 1.807) is 0 Å². The minimum Gasteiger partial charge on any atom is -0.380 e. The maximum Gasteiger partial charge on any atom is 0.0622 e. The zero-order valence-electron chi connectivity index (χ0n) is 5.60. The van der Waals surface area contributed by atoms with Crippen molar-refractivity contribution in [1.82, 2.24) is 5.32 Å². The van der Waals surface area contributed by atoms with E-state index in [4.69, 9.17) is 4.74 Å². The van der Waals surface area contributed by atoms with Gasteiger partial charge in [0.2, 0.25) is 0 Å². The molecule has 2 heteroatoms. The van der Waals surface area contributed by atoms with Gasteiger partial charge in [-0.3, -0.25) is 0 Å². The Morgan fingerprint density at radius 3 is 3.22 bits per heavy atom. The fraction of sp³-hybridized carbons (Fsp3) is 1.00. The van der Waals surface area contributed by atoms with Crippen LogP contribution in [0.2, 0.25) is 0 Å². The van der Waals surface area contributed by atoms with E-state index < -0.39 is 0 Å². The third-order valence-corrected chi connectivity index (χ3v) is 2.42. The Bertz CT molecular complexity index is 93.1. The van der Waals surface area contributed by atoms with Crippen molar-refractivity contribution < 1.29 is 4.74 Å². The van der Waals surface area contributed by atoms with Gasteiger partial charge in [-0.25, -0.2) is 0 Å². The third-order valence-electron chi connectivity index (χ3n) is 2.42. The molecule has 9 heavy (non-hydrogen) atoms. The molecular weight excluding hydrogens is 114 g/mol. The van der Waals surface area contributed by atoms with Crippen LogP contribution in [0.3, 0.4) is 0 Å². The van der Waals surface area contributed by atoms with Crippen LogP contribution in [0.25, 0.3) is 0 Å². The van der Waals surface area contributed by atoms with Gasteiger partial charge in [0.15, 0.2) is 0 Å². The van der Waals surface area contributed by atoms with Crippen molar-refractivity contribution in [2.75, 3.05) is 19.8 Å². The van der Waals surface area contributed by atoms with E-state index in [0.29, 0.717) is 6.04 Å². The predicted molar refractivity (Wildman–Crippen MR) is 35.3 cm³/mol. The fourth-order valence-electron chi connectivity index (χ4n) is 1.81. The molecule has 0 saturated carbocycles. The maximum atomic E-state index is 5.32. The van der Waals surface area contributed by atoms with Crippen LogP contribution in [0.1, 0.15) is 12.8 Å². The van der Waals surface area contributed by atoms with Crippen molar-refractivity contribution in [2.24, 2.45) is 5.92 Å². The molecule has 0 unspecified atom stereocenters. The highest BCUT2D eigenvalue weighted by atomic mass is 16.5. The molecule has 2 saturated heterocycles.